The minimum atomic E-state index is -0.854. The van der Waals surface area contributed by atoms with E-state index in [4.69, 9.17) is 14.7 Å². The Morgan fingerprint density at radius 2 is 2.38 bits per heavy atom. The SMILES string of the molecule is Cc1cc(=O)n(C(=O)CSCC(O)CO)o1. The van der Waals surface area contributed by atoms with Gasteiger partial charge in [-0.05, 0) is 6.92 Å². The standard InChI is InChI=1S/C9H13NO5S/c1-6-2-8(13)10(15-6)9(14)5-16-4-7(12)3-11/h2,7,11-12H,3-5H2,1H3. The van der Waals surface area contributed by atoms with Crippen molar-refractivity contribution in [1.82, 2.24) is 4.74 Å². The lowest BCUT2D eigenvalue weighted by molar-refractivity contribution is 0.0813. The Morgan fingerprint density at radius 3 is 2.88 bits per heavy atom. The number of hydrogen-bond acceptors (Lipinski definition) is 6. The van der Waals surface area contributed by atoms with Crippen LogP contribution in [0.1, 0.15) is 10.6 Å². The van der Waals surface area contributed by atoms with Gasteiger partial charge >= 0.3 is 0 Å². The number of thioether (sulfide) groups is 1. The second-order valence-electron chi connectivity index (χ2n) is 3.22. The van der Waals surface area contributed by atoms with E-state index in [1.807, 2.05) is 0 Å². The van der Waals surface area contributed by atoms with Crippen molar-refractivity contribution in [2.24, 2.45) is 0 Å². The Morgan fingerprint density at radius 1 is 1.69 bits per heavy atom. The second kappa shape index (κ2) is 5.88. The summed E-state index contributed by atoms with van der Waals surface area (Å²) in [6.45, 7) is 1.23. The van der Waals surface area contributed by atoms with E-state index < -0.39 is 17.6 Å². The first-order valence-corrected chi connectivity index (χ1v) is 5.80. The highest BCUT2D eigenvalue weighted by atomic mass is 32.2. The van der Waals surface area contributed by atoms with Crippen LogP contribution in [0, 0.1) is 6.92 Å². The van der Waals surface area contributed by atoms with Crippen molar-refractivity contribution in [3.63, 3.8) is 0 Å². The maximum absolute atomic E-state index is 11.5. The average Bonchev–Trinajstić information content (AvgIpc) is 2.57. The third kappa shape index (κ3) is 3.51. The average molecular weight is 247 g/mol. The lowest BCUT2D eigenvalue weighted by Gasteiger charge is -2.05. The van der Waals surface area contributed by atoms with Crippen LogP contribution in [-0.4, -0.2) is 45.1 Å². The van der Waals surface area contributed by atoms with Gasteiger partial charge in [0.1, 0.15) is 5.76 Å². The number of aromatic nitrogens is 1. The van der Waals surface area contributed by atoms with E-state index in [1.165, 1.54) is 6.07 Å². The minimum absolute atomic E-state index is 0.0178. The summed E-state index contributed by atoms with van der Waals surface area (Å²) < 4.78 is 5.58. The van der Waals surface area contributed by atoms with Crippen molar-refractivity contribution < 1.29 is 19.5 Å². The molecule has 0 amide bonds. The number of nitrogens with zero attached hydrogens (tertiary/aromatic N) is 1. The predicted octanol–water partition coefficient (Wildman–Crippen LogP) is -0.524. The van der Waals surface area contributed by atoms with Crippen LogP contribution in [0.4, 0.5) is 0 Å². The maximum atomic E-state index is 11.5. The largest absolute Gasteiger partial charge is 0.394 e. The van der Waals surface area contributed by atoms with Crippen LogP contribution in [0.25, 0.3) is 0 Å². The van der Waals surface area contributed by atoms with Crippen LogP contribution in [0.5, 0.6) is 0 Å². The summed E-state index contributed by atoms with van der Waals surface area (Å²) in [6.07, 6.45) is -0.854. The molecule has 1 aromatic heterocycles. The van der Waals surface area contributed by atoms with Gasteiger partial charge in [0.25, 0.3) is 11.5 Å². The molecule has 0 spiro atoms. The molecule has 6 nitrogen and oxygen atoms in total. The maximum Gasteiger partial charge on any atom is 0.290 e. The van der Waals surface area contributed by atoms with Crippen LogP contribution in [0.15, 0.2) is 15.4 Å². The van der Waals surface area contributed by atoms with Crippen molar-refractivity contribution in [2.75, 3.05) is 18.1 Å². The molecule has 0 aliphatic rings. The van der Waals surface area contributed by atoms with Crippen LogP contribution in [-0.2, 0) is 0 Å². The van der Waals surface area contributed by atoms with Crippen LogP contribution < -0.4 is 5.56 Å². The normalized spacial score (nSPS) is 12.7. The summed E-state index contributed by atoms with van der Waals surface area (Å²) >= 11 is 1.13. The zero-order valence-corrected chi connectivity index (χ0v) is 9.57. The number of carbonyl (C=O) groups is 1. The monoisotopic (exact) mass is 247 g/mol. The van der Waals surface area contributed by atoms with Gasteiger partial charge in [-0.1, -0.05) is 0 Å². The fourth-order valence-corrected chi connectivity index (χ4v) is 1.80. The molecular weight excluding hydrogens is 234 g/mol. The molecule has 1 rings (SSSR count). The highest BCUT2D eigenvalue weighted by molar-refractivity contribution is 7.99. The van der Waals surface area contributed by atoms with Gasteiger partial charge in [0.2, 0.25) is 0 Å². The number of aliphatic hydroxyl groups is 2. The summed E-state index contributed by atoms with van der Waals surface area (Å²) in [5.74, 6) is 0.146. The minimum Gasteiger partial charge on any atom is -0.394 e. The Bertz CT molecular complexity index is 410. The smallest absolute Gasteiger partial charge is 0.290 e. The number of carbonyl (C=O) groups excluding carboxylic acids is 1. The second-order valence-corrected chi connectivity index (χ2v) is 4.25. The van der Waals surface area contributed by atoms with Crippen molar-refractivity contribution in [3.8, 4) is 0 Å². The Kier molecular flexibility index (Phi) is 4.78. The first kappa shape index (κ1) is 13.0. The van der Waals surface area contributed by atoms with Crippen LogP contribution >= 0.6 is 11.8 Å². The third-order valence-corrected chi connectivity index (χ3v) is 2.81. The summed E-state index contributed by atoms with van der Waals surface area (Å²) in [7, 11) is 0. The Balaban J connectivity index is 2.47. The molecule has 0 aliphatic heterocycles. The van der Waals surface area contributed by atoms with Gasteiger partial charge in [-0.15, -0.1) is 16.5 Å². The zero-order valence-electron chi connectivity index (χ0n) is 8.75. The molecule has 1 heterocycles. The van der Waals surface area contributed by atoms with Gasteiger partial charge < -0.3 is 14.7 Å². The van der Waals surface area contributed by atoms with Gasteiger partial charge in [-0.25, -0.2) is 0 Å². The summed E-state index contributed by atoms with van der Waals surface area (Å²) in [5, 5.41) is 17.6. The first-order valence-electron chi connectivity index (χ1n) is 4.64. The molecule has 1 unspecified atom stereocenters. The van der Waals surface area contributed by atoms with E-state index in [0.717, 1.165) is 11.8 Å². The van der Waals surface area contributed by atoms with Gasteiger partial charge in [0.05, 0.1) is 18.5 Å². The highest BCUT2D eigenvalue weighted by Gasteiger charge is 2.12. The van der Waals surface area contributed by atoms with Gasteiger partial charge in [-0.2, -0.15) is 0 Å². The van der Waals surface area contributed by atoms with Gasteiger partial charge in [0.15, 0.2) is 0 Å². The summed E-state index contributed by atoms with van der Waals surface area (Å²) in [5.41, 5.74) is -0.495. The van der Waals surface area contributed by atoms with E-state index in [-0.39, 0.29) is 18.1 Å². The number of rotatable bonds is 5. The molecule has 0 saturated heterocycles. The van der Waals surface area contributed by atoms with Gasteiger partial charge in [-0.3, -0.25) is 9.59 Å². The Hall–Kier alpha value is -1.05. The lowest BCUT2D eigenvalue weighted by Crippen LogP contribution is -2.24. The highest BCUT2D eigenvalue weighted by Crippen LogP contribution is 2.04. The summed E-state index contributed by atoms with van der Waals surface area (Å²) in [6, 6.07) is 1.23. The summed E-state index contributed by atoms with van der Waals surface area (Å²) in [4.78, 5) is 22.6. The van der Waals surface area contributed by atoms with Crippen molar-refractivity contribution in [2.45, 2.75) is 13.0 Å². The molecule has 7 heteroatoms. The fourth-order valence-electron chi connectivity index (χ4n) is 1.02. The number of hydrogen-bond donors (Lipinski definition) is 2. The molecular formula is C9H13NO5S. The Labute approximate surface area is 95.8 Å². The van der Waals surface area contributed by atoms with E-state index in [1.54, 1.807) is 6.92 Å². The number of aliphatic hydroxyl groups excluding tert-OH is 2. The van der Waals surface area contributed by atoms with Crippen molar-refractivity contribution >= 4 is 17.7 Å². The molecule has 1 atom stereocenters. The molecule has 90 valence electrons. The molecule has 1 aromatic rings. The van der Waals surface area contributed by atoms with Gasteiger partial charge in [0, 0.05) is 11.8 Å². The molecule has 0 radical (unpaired) electrons. The van der Waals surface area contributed by atoms with Crippen LogP contribution in [0.2, 0.25) is 0 Å². The molecule has 2 N–H and O–H groups in total. The van der Waals surface area contributed by atoms with E-state index in [9.17, 15) is 9.59 Å². The fraction of sp³-hybridized carbons (Fsp3) is 0.556. The first-order chi connectivity index (χ1) is 7.54. The van der Waals surface area contributed by atoms with E-state index in [2.05, 4.69) is 0 Å². The van der Waals surface area contributed by atoms with E-state index in [0.29, 0.717) is 10.5 Å². The lowest BCUT2D eigenvalue weighted by atomic mass is 10.4. The third-order valence-electron chi connectivity index (χ3n) is 1.74. The van der Waals surface area contributed by atoms with Crippen molar-refractivity contribution in [1.29, 1.82) is 0 Å². The molecule has 0 fully saturated rings. The van der Waals surface area contributed by atoms with E-state index >= 15 is 0 Å². The molecule has 0 saturated carbocycles. The molecule has 0 aliphatic carbocycles. The molecule has 16 heavy (non-hydrogen) atoms. The molecule has 0 bridgehead atoms. The topological polar surface area (TPSA) is 92.7 Å². The zero-order chi connectivity index (χ0) is 12.1. The number of aryl methyl sites for hydroxylation is 1. The van der Waals surface area contributed by atoms with Crippen molar-refractivity contribution in [3.05, 3.63) is 22.2 Å². The molecule has 0 aromatic carbocycles. The van der Waals surface area contributed by atoms with Crippen LogP contribution in [0.3, 0.4) is 0 Å². The quantitative estimate of drug-likeness (QED) is 0.727. The predicted molar refractivity (Wildman–Crippen MR) is 58.7 cm³/mol.